The normalized spacial score (nSPS) is 21.0. The number of nitrogens with one attached hydrogen (secondary N) is 1. The molecule has 4 aromatic rings. The predicted molar refractivity (Wildman–Crippen MR) is 162 cm³/mol. The molecule has 1 aliphatic carbocycles. The van der Waals surface area contributed by atoms with Crippen LogP contribution in [-0.4, -0.2) is 87.8 Å². The number of anilines is 2. The van der Waals surface area contributed by atoms with Crippen molar-refractivity contribution in [1.82, 2.24) is 34.8 Å². The first-order chi connectivity index (χ1) is 19.7. The summed E-state index contributed by atoms with van der Waals surface area (Å²) in [5.41, 5.74) is 7.45. The molecule has 0 spiro atoms. The second-order valence-corrected chi connectivity index (χ2v) is 12.5. The lowest BCUT2D eigenvalue weighted by Gasteiger charge is -2.33. The first kappa shape index (κ1) is 26.7. The quantitative estimate of drug-likeness (QED) is 0.365. The largest absolute Gasteiger partial charge is 0.378 e. The fraction of sp³-hybridized carbons (Fsp3) is 0.533. The summed E-state index contributed by atoms with van der Waals surface area (Å²) >= 11 is 6.97. The molecule has 41 heavy (non-hydrogen) atoms. The summed E-state index contributed by atoms with van der Waals surface area (Å²) < 4.78 is 7.91. The molecule has 1 saturated carbocycles. The van der Waals surface area contributed by atoms with E-state index in [2.05, 4.69) is 65.0 Å². The van der Waals surface area contributed by atoms with Crippen LogP contribution in [0.1, 0.15) is 47.0 Å². The van der Waals surface area contributed by atoms with Crippen molar-refractivity contribution in [3.05, 3.63) is 45.4 Å². The molecule has 11 heteroatoms. The van der Waals surface area contributed by atoms with Crippen molar-refractivity contribution in [2.45, 2.75) is 57.7 Å². The van der Waals surface area contributed by atoms with Gasteiger partial charge in [0.1, 0.15) is 16.7 Å². The smallest absolute Gasteiger partial charge is 0.162 e. The zero-order valence-corrected chi connectivity index (χ0v) is 25.5. The molecule has 0 amide bonds. The van der Waals surface area contributed by atoms with E-state index >= 15 is 0 Å². The highest BCUT2D eigenvalue weighted by atomic mass is 35.5. The number of aryl methyl sites for hydroxylation is 3. The molecule has 216 valence electrons. The number of rotatable bonds is 6. The summed E-state index contributed by atoms with van der Waals surface area (Å²) in [7, 11) is 8.05. The number of fused-ring (bicyclic) bond motifs is 2. The minimum absolute atomic E-state index is 0.0904. The number of nitrogens with zero attached hydrogens (tertiary/aromatic N) is 8. The number of likely N-dealkylation sites (N-methyl/N-ethyl adjacent to an activating group) is 1. The minimum atomic E-state index is 0.0904. The van der Waals surface area contributed by atoms with E-state index in [4.69, 9.17) is 31.4 Å². The van der Waals surface area contributed by atoms with E-state index in [-0.39, 0.29) is 12.1 Å². The van der Waals surface area contributed by atoms with Crippen molar-refractivity contribution >= 4 is 34.1 Å². The molecule has 1 aromatic carbocycles. The van der Waals surface area contributed by atoms with Crippen molar-refractivity contribution < 1.29 is 4.74 Å². The molecule has 2 aliphatic heterocycles. The van der Waals surface area contributed by atoms with E-state index < -0.39 is 0 Å². The Morgan fingerprint density at radius 3 is 2.61 bits per heavy atom. The Morgan fingerprint density at radius 1 is 1.10 bits per heavy atom. The van der Waals surface area contributed by atoms with Gasteiger partial charge in [0.05, 0.1) is 29.1 Å². The fourth-order valence-electron chi connectivity index (χ4n) is 6.74. The van der Waals surface area contributed by atoms with Gasteiger partial charge in [-0.2, -0.15) is 10.2 Å². The van der Waals surface area contributed by atoms with Crippen LogP contribution in [0.15, 0.2) is 12.1 Å². The highest BCUT2D eigenvalue weighted by Gasteiger charge is 2.39. The van der Waals surface area contributed by atoms with Crippen LogP contribution in [0.5, 0.6) is 0 Å². The number of benzene rings is 1. The van der Waals surface area contributed by atoms with Crippen LogP contribution in [0.4, 0.5) is 11.6 Å². The van der Waals surface area contributed by atoms with Crippen molar-refractivity contribution in [3.63, 3.8) is 0 Å². The van der Waals surface area contributed by atoms with Crippen LogP contribution in [-0.2, 0) is 24.8 Å². The Labute approximate surface area is 245 Å². The molecule has 0 bridgehead atoms. The molecular formula is C30H38ClN9O. The van der Waals surface area contributed by atoms with Gasteiger partial charge in [0, 0.05) is 74.9 Å². The molecule has 0 radical (unpaired) electrons. The molecule has 5 heterocycles. The molecule has 3 aliphatic rings. The van der Waals surface area contributed by atoms with Gasteiger partial charge >= 0.3 is 0 Å². The Bertz CT molecular complexity index is 1640. The van der Waals surface area contributed by atoms with Crippen LogP contribution in [0.3, 0.4) is 0 Å². The number of hydrogen-bond donors (Lipinski definition) is 1. The maximum absolute atomic E-state index is 6.97. The van der Waals surface area contributed by atoms with Gasteiger partial charge in [-0.1, -0.05) is 17.7 Å². The number of H-pyrrole nitrogens is 1. The summed E-state index contributed by atoms with van der Waals surface area (Å²) in [5.74, 6) is 3.24. The lowest BCUT2D eigenvalue weighted by Crippen LogP contribution is -2.39. The van der Waals surface area contributed by atoms with E-state index in [1.54, 1.807) is 7.11 Å². The predicted octanol–water partition coefficient (Wildman–Crippen LogP) is 4.23. The summed E-state index contributed by atoms with van der Waals surface area (Å²) in [6.07, 6.45) is 3.23. The van der Waals surface area contributed by atoms with Crippen LogP contribution >= 0.6 is 11.6 Å². The Hall–Kier alpha value is -3.21. The summed E-state index contributed by atoms with van der Waals surface area (Å²) in [4.78, 5) is 17.6. The van der Waals surface area contributed by atoms with Gasteiger partial charge in [-0.15, -0.1) is 0 Å². The topological polar surface area (TPSA) is 91.2 Å². The second kappa shape index (κ2) is 9.96. The SMILES string of the molecule is CO[C@@H]1CN(c2nc(-c3c(C)ccc4n[nH]c(C)c34)nc3c2CN(c2c(Cl)c(C4CC4)nn2C)CC3)C[C@H]1N(C)C. The number of aromatic nitrogens is 6. The van der Waals surface area contributed by atoms with Gasteiger partial charge in [-0.05, 0) is 52.4 Å². The van der Waals surface area contributed by atoms with Crippen molar-refractivity contribution in [3.8, 4) is 11.4 Å². The lowest BCUT2D eigenvalue weighted by molar-refractivity contribution is 0.0639. The number of ether oxygens (including phenoxy) is 1. The second-order valence-electron chi connectivity index (χ2n) is 12.1. The van der Waals surface area contributed by atoms with Crippen molar-refractivity contribution in [1.29, 1.82) is 0 Å². The van der Waals surface area contributed by atoms with Gasteiger partial charge in [0.2, 0.25) is 0 Å². The summed E-state index contributed by atoms with van der Waals surface area (Å²) in [6, 6.07) is 4.44. The monoisotopic (exact) mass is 575 g/mol. The molecule has 1 N–H and O–H groups in total. The Kier molecular flexibility index (Phi) is 6.48. The van der Waals surface area contributed by atoms with E-state index in [1.165, 1.54) is 12.8 Å². The Morgan fingerprint density at radius 2 is 1.90 bits per heavy atom. The lowest BCUT2D eigenvalue weighted by atomic mass is 10.00. The molecule has 1 saturated heterocycles. The van der Waals surface area contributed by atoms with Crippen LogP contribution in [0.25, 0.3) is 22.3 Å². The van der Waals surface area contributed by atoms with Crippen molar-refractivity contribution in [2.75, 3.05) is 50.6 Å². The van der Waals surface area contributed by atoms with Gasteiger partial charge in [0.15, 0.2) is 5.82 Å². The van der Waals surface area contributed by atoms with Gasteiger partial charge in [-0.25, -0.2) is 9.97 Å². The Balaban J connectivity index is 1.36. The molecule has 7 rings (SSSR count). The average molecular weight is 576 g/mol. The highest BCUT2D eigenvalue weighted by molar-refractivity contribution is 6.33. The number of methoxy groups -OCH3 is 1. The third kappa shape index (κ3) is 4.38. The highest BCUT2D eigenvalue weighted by Crippen LogP contribution is 2.46. The first-order valence-corrected chi connectivity index (χ1v) is 14.9. The molecule has 2 atom stereocenters. The fourth-order valence-corrected chi connectivity index (χ4v) is 7.17. The van der Waals surface area contributed by atoms with E-state index in [0.29, 0.717) is 12.5 Å². The van der Waals surface area contributed by atoms with Crippen molar-refractivity contribution in [2.24, 2.45) is 7.05 Å². The summed E-state index contributed by atoms with van der Waals surface area (Å²) in [5, 5.41) is 14.4. The van der Waals surface area contributed by atoms with Gasteiger partial charge < -0.3 is 19.4 Å². The van der Waals surface area contributed by atoms with Crippen LogP contribution < -0.4 is 9.80 Å². The van der Waals surface area contributed by atoms with Crippen LogP contribution in [0.2, 0.25) is 5.02 Å². The van der Waals surface area contributed by atoms with Gasteiger partial charge in [-0.3, -0.25) is 9.78 Å². The van der Waals surface area contributed by atoms with E-state index in [9.17, 15) is 0 Å². The molecule has 2 fully saturated rings. The van der Waals surface area contributed by atoms with Crippen LogP contribution in [0, 0.1) is 13.8 Å². The standard InChI is InChI=1S/C30H38ClN9O/c1-16-7-10-21-25(17(2)34-35-21)24(16)28-32-20-11-12-39(30-26(31)27(18-8-9-18)36-38(30)5)13-19(20)29(33-28)40-14-22(37(3)4)23(15-40)41-6/h7,10,18,22-23H,8-9,11-15H2,1-6H3,(H,34,35)/t22-,23-/m1/s1. The number of hydrogen-bond acceptors (Lipinski definition) is 8. The zero-order valence-electron chi connectivity index (χ0n) is 24.7. The minimum Gasteiger partial charge on any atom is -0.378 e. The maximum atomic E-state index is 6.97. The average Bonchev–Trinajstić information content (AvgIpc) is 3.48. The molecular weight excluding hydrogens is 538 g/mol. The maximum Gasteiger partial charge on any atom is 0.162 e. The third-order valence-corrected chi connectivity index (χ3v) is 9.49. The third-order valence-electron chi connectivity index (χ3n) is 9.12. The molecule has 3 aromatic heterocycles. The zero-order chi connectivity index (χ0) is 28.6. The molecule has 10 nitrogen and oxygen atoms in total. The number of aromatic amines is 1. The summed E-state index contributed by atoms with van der Waals surface area (Å²) in [6.45, 7) is 7.31. The van der Waals surface area contributed by atoms with E-state index in [1.807, 2.05) is 11.7 Å². The number of halogens is 1. The van der Waals surface area contributed by atoms with Gasteiger partial charge in [0.25, 0.3) is 0 Å². The first-order valence-electron chi connectivity index (χ1n) is 14.5. The molecule has 0 unspecified atom stereocenters. The van der Waals surface area contributed by atoms with E-state index in [0.717, 1.165) is 93.2 Å².